The molecule has 0 spiro atoms. The van der Waals surface area contributed by atoms with E-state index in [9.17, 15) is 0 Å². The van der Waals surface area contributed by atoms with Crippen molar-refractivity contribution in [3.8, 4) is 5.69 Å². The Labute approximate surface area is 226 Å². The Balaban J connectivity index is 1.21. The Morgan fingerprint density at radius 1 is 0.590 bits per heavy atom. The van der Waals surface area contributed by atoms with Crippen LogP contribution in [-0.2, 0) is 0 Å². The van der Waals surface area contributed by atoms with Crippen LogP contribution in [0.25, 0.3) is 60.6 Å². The smallest absolute Gasteiger partial charge is 0.0571 e. The molecule has 1 atom stereocenters. The number of hydrogen-bond acceptors (Lipinski definition) is 2. The van der Waals surface area contributed by atoms with E-state index in [-0.39, 0.29) is 0 Å². The molecule has 39 heavy (non-hydrogen) atoms. The molecule has 1 unspecified atom stereocenters. The number of hydrogen-bond donors (Lipinski definition) is 0. The van der Waals surface area contributed by atoms with Crippen LogP contribution in [0, 0.1) is 5.92 Å². The topological polar surface area (TPSA) is 35.6 Å². The van der Waals surface area contributed by atoms with E-state index in [0.717, 1.165) is 12.1 Å². The fourth-order valence-electron chi connectivity index (χ4n) is 6.41. The van der Waals surface area contributed by atoms with Gasteiger partial charge in [-0.05, 0) is 65.9 Å². The van der Waals surface area contributed by atoms with Gasteiger partial charge in [0, 0.05) is 57.7 Å². The molecule has 4 heterocycles. The van der Waals surface area contributed by atoms with Crippen LogP contribution in [0.3, 0.4) is 0 Å². The summed E-state index contributed by atoms with van der Waals surface area (Å²) in [5.41, 5.74) is 9.96. The monoisotopic (exact) mass is 502 g/mol. The molecule has 7 aromatic rings. The molecular weight excluding hydrogens is 476 g/mol. The third-order valence-electron chi connectivity index (χ3n) is 8.20. The Hall–Kier alpha value is -4.96. The minimum absolute atomic E-state index is 0.396. The normalized spacial score (nSPS) is 15.8. The van der Waals surface area contributed by atoms with Gasteiger partial charge in [0.2, 0.25) is 0 Å². The summed E-state index contributed by atoms with van der Waals surface area (Å²) in [4.78, 5) is 8.78. The third kappa shape index (κ3) is 3.31. The van der Waals surface area contributed by atoms with Gasteiger partial charge in [0.15, 0.2) is 0 Å². The molecule has 0 aliphatic heterocycles. The average molecular weight is 503 g/mol. The lowest BCUT2D eigenvalue weighted by Gasteiger charge is -2.24. The zero-order chi connectivity index (χ0) is 25.9. The zero-order valence-electron chi connectivity index (χ0n) is 21.6. The third-order valence-corrected chi connectivity index (χ3v) is 8.20. The van der Waals surface area contributed by atoms with Crippen LogP contribution < -0.4 is 0 Å². The number of benzene rings is 3. The Kier molecular flexibility index (Phi) is 4.83. The molecular formula is C35H26N4. The maximum atomic E-state index is 4.40. The van der Waals surface area contributed by atoms with Crippen LogP contribution in [0.15, 0.2) is 122 Å². The predicted molar refractivity (Wildman–Crippen MR) is 162 cm³/mol. The standard InChI is InChI=1S/C35H26N4/c1-23-20-26(39-33-9-5-3-7-29(33)31-22-37-19-17-35(31)39)14-15-27(23)24-10-12-25(13-11-24)38-32-8-4-2-6-28(32)30-21-36-18-16-34(30)38/h2-19,21-23H,20H2,1H3. The van der Waals surface area contributed by atoms with Gasteiger partial charge in [0.1, 0.15) is 0 Å². The number of allylic oxidation sites excluding steroid dienone is 4. The fourth-order valence-corrected chi connectivity index (χ4v) is 6.41. The molecule has 186 valence electrons. The minimum Gasteiger partial charge on any atom is -0.313 e. The average Bonchev–Trinajstić information content (AvgIpc) is 3.51. The second kappa shape index (κ2) is 8.53. The van der Waals surface area contributed by atoms with E-state index in [2.05, 4.69) is 123 Å². The van der Waals surface area contributed by atoms with Gasteiger partial charge < -0.3 is 9.13 Å². The molecule has 8 rings (SSSR count). The molecule has 0 saturated carbocycles. The number of fused-ring (bicyclic) bond motifs is 6. The first-order valence-electron chi connectivity index (χ1n) is 13.5. The number of pyridine rings is 2. The van der Waals surface area contributed by atoms with Crippen molar-refractivity contribution in [1.82, 2.24) is 19.1 Å². The van der Waals surface area contributed by atoms with E-state index in [1.807, 2.05) is 24.8 Å². The first-order valence-corrected chi connectivity index (χ1v) is 13.5. The molecule has 0 saturated heterocycles. The molecule has 0 fully saturated rings. The SMILES string of the molecule is CC1CC(n2c3ccccc3c3cnccc32)=CC=C1c1ccc(-n2c3ccccc3c3cnccc32)cc1. The molecule has 0 N–H and O–H groups in total. The zero-order valence-corrected chi connectivity index (χ0v) is 21.6. The van der Waals surface area contributed by atoms with Crippen LogP contribution in [0.2, 0.25) is 0 Å². The first kappa shape index (κ1) is 22.1. The summed E-state index contributed by atoms with van der Waals surface area (Å²) in [6, 6.07) is 30.4. The summed E-state index contributed by atoms with van der Waals surface area (Å²) in [6.07, 6.45) is 13.3. The second-order valence-corrected chi connectivity index (χ2v) is 10.4. The van der Waals surface area contributed by atoms with Gasteiger partial charge in [-0.2, -0.15) is 0 Å². The van der Waals surface area contributed by atoms with E-state index in [1.54, 1.807) is 0 Å². The molecule has 0 bridgehead atoms. The van der Waals surface area contributed by atoms with E-state index in [0.29, 0.717) is 5.92 Å². The lowest BCUT2D eigenvalue weighted by Crippen LogP contribution is -2.08. The molecule has 1 aliphatic carbocycles. The van der Waals surface area contributed by atoms with Crippen molar-refractivity contribution in [2.75, 3.05) is 0 Å². The molecule has 0 radical (unpaired) electrons. The van der Waals surface area contributed by atoms with E-state index >= 15 is 0 Å². The lowest BCUT2D eigenvalue weighted by molar-refractivity contribution is 0.750. The van der Waals surface area contributed by atoms with Crippen LogP contribution >= 0.6 is 0 Å². The van der Waals surface area contributed by atoms with Gasteiger partial charge in [-0.25, -0.2) is 0 Å². The van der Waals surface area contributed by atoms with E-state index < -0.39 is 0 Å². The highest BCUT2D eigenvalue weighted by atomic mass is 15.0. The summed E-state index contributed by atoms with van der Waals surface area (Å²) in [7, 11) is 0. The van der Waals surface area contributed by atoms with Crippen LogP contribution in [0.1, 0.15) is 18.9 Å². The Bertz CT molecular complexity index is 2000. The predicted octanol–water partition coefficient (Wildman–Crippen LogP) is 8.65. The molecule has 0 amide bonds. The van der Waals surface area contributed by atoms with Gasteiger partial charge in [-0.15, -0.1) is 0 Å². The van der Waals surface area contributed by atoms with Gasteiger partial charge in [0.25, 0.3) is 0 Å². The summed E-state index contributed by atoms with van der Waals surface area (Å²) in [5.74, 6) is 0.396. The maximum absolute atomic E-state index is 4.40. The highest BCUT2D eigenvalue weighted by molar-refractivity contribution is 6.10. The number of nitrogens with zero attached hydrogens (tertiary/aromatic N) is 4. The first-order chi connectivity index (χ1) is 19.3. The van der Waals surface area contributed by atoms with Crippen molar-refractivity contribution in [2.45, 2.75) is 13.3 Å². The number of rotatable bonds is 3. The van der Waals surface area contributed by atoms with Gasteiger partial charge in [0.05, 0.1) is 22.1 Å². The van der Waals surface area contributed by atoms with Crippen molar-refractivity contribution < 1.29 is 0 Å². The molecule has 4 heteroatoms. The van der Waals surface area contributed by atoms with Crippen LogP contribution in [-0.4, -0.2) is 19.1 Å². The molecule has 4 aromatic heterocycles. The molecule has 4 nitrogen and oxygen atoms in total. The number of para-hydroxylation sites is 2. The van der Waals surface area contributed by atoms with Gasteiger partial charge in [-0.3, -0.25) is 9.97 Å². The van der Waals surface area contributed by atoms with Gasteiger partial charge in [-0.1, -0.05) is 61.5 Å². The van der Waals surface area contributed by atoms with Crippen molar-refractivity contribution >= 4 is 54.9 Å². The highest BCUT2D eigenvalue weighted by Gasteiger charge is 2.21. The molecule has 3 aromatic carbocycles. The van der Waals surface area contributed by atoms with E-state index in [4.69, 9.17) is 0 Å². The van der Waals surface area contributed by atoms with Gasteiger partial charge >= 0.3 is 0 Å². The lowest BCUT2D eigenvalue weighted by atomic mass is 9.86. The Morgan fingerprint density at radius 3 is 1.79 bits per heavy atom. The fraction of sp³-hybridized carbons (Fsp3) is 0.0857. The maximum Gasteiger partial charge on any atom is 0.0571 e. The quantitative estimate of drug-likeness (QED) is 0.242. The van der Waals surface area contributed by atoms with E-state index in [1.165, 1.54) is 60.4 Å². The van der Waals surface area contributed by atoms with Crippen molar-refractivity contribution in [3.05, 3.63) is 127 Å². The van der Waals surface area contributed by atoms with Crippen LogP contribution in [0.4, 0.5) is 0 Å². The van der Waals surface area contributed by atoms with Crippen molar-refractivity contribution in [3.63, 3.8) is 0 Å². The van der Waals surface area contributed by atoms with Crippen molar-refractivity contribution in [2.24, 2.45) is 5.92 Å². The summed E-state index contributed by atoms with van der Waals surface area (Å²) in [5, 5.41) is 4.86. The van der Waals surface area contributed by atoms with Crippen molar-refractivity contribution in [1.29, 1.82) is 0 Å². The number of aromatic nitrogens is 4. The Morgan fingerprint density at radius 2 is 1.15 bits per heavy atom. The largest absolute Gasteiger partial charge is 0.313 e. The molecule has 1 aliphatic rings. The summed E-state index contributed by atoms with van der Waals surface area (Å²) in [6.45, 7) is 2.34. The van der Waals surface area contributed by atoms with Crippen LogP contribution in [0.5, 0.6) is 0 Å². The summed E-state index contributed by atoms with van der Waals surface area (Å²) >= 11 is 0. The minimum atomic E-state index is 0.396. The summed E-state index contributed by atoms with van der Waals surface area (Å²) < 4.78 is 4.75. The second-order valence-electron chi connectivity index (χ2n) is 10.4. The highest BCUT2D eigenvalue weighted by Crippen LogP contribution is 2.39.